The van der Waals surface area contributed by atoms with Crippen molar-refractivity contribution in [1.82, 2.24) is 20.0 Å². The van der Waals surface area contributed by atoms with Gasteiger partial charge < -0.3 is 19.7 Å². The number of nitrogens with zero attached hydrogens (tertiary/aromatic N) is 3. The van der Waals surface area contributed by atoms with Crippen LogP contribution >= 0.6 is 0 Å². The first-order chi connectivity index (χ1) is 12.1. The lowest BCUT2D eigenvalue weighted by atomic mass is 10.1. The first-order valence-corrected chi connectivity index (χ1v) is 8.55. The van der Waals surface area contributed by atoms with E-state index in [0.717, 1.165) is 30.9 Å². The summed E-state index contributed by atoms with van der Waals surface area (Å²) in [6, 6.07) is 7.43. The summed E-state index contributed by atoms with van der Waals surface area (Å²) in [4.78, 5) is 14.6. The highest BCUT2D eigenvalue weighted by Gasteiger charge is 2.36. The number of hydrogen-bond donors (Lipinski definition) is 1. The molecule has 1 aromatic heterocycles. The zero-order chi connectivity index (χ0) is 17.4. The Morgan fingerprint density at radius 3 is 2.92 bits per heavy atom. The average Bonchev–Trinajstić information content (AvgIpc) is 3.03. The maximum Gasteiger partial charge on any atom is 0.267 e. The van der Waals surface area contributed by atoms with Crippen LogP contribution in [0.5, 0.6) is 11.5 Å². The van der Waals surface area contributed by atoms with Crippen LogP contribution in [-0.2, 0) is 24.4 Å². The van der Waals surface area contributed by atoms with Crippen molar-refractivity contribution in [2.45, 2.75) is 38.8 Å². The molecule has 1 amide bonds. The normalized spacial score (nSPS) is 21.5. The third-order valence-electron chi connectivity index (χ3n) is 4.70. The Morgan fingerprint density at radius 2 is 2.12 bits per heavy atom. The molecule has 7 nitrogen and oxygen atoms in total. The summed E-state index contributed by atoms with van der Waals surface area (Å²) >= 11 is 0. The molecule has 0 bridgehead atoms. The van der Waals surface area contributed by atoms with Gasteiger partial charge in [-0.1, -0.05) is 12.1 Å². The molecule has 2 atom stereocenters. The van der Waals surface area contributed by atoms with E-state index in [-0.39, 0.29) is 12.0 Å². The summed E-state index contributed by atoms with van der Waals surface area (Å²) in [7, 11) is 1.79. The van der Waals surface area contributed by atoms with Gasteiger partial charge in [0.05, 0.1) is 18.4 Å². The van der Waals surface area contributed by atoms with Crippen LogP contribution in [0.4, 0.5) is 0 Å². The summed E-state index contributed by atoms with van der Waals surface area (Å²) in [5.74, 6) is 1.20. The molecule has 0 aliphatic carbocycles. The Labute approximate surface area is 146 Å². The highest BCUT2D eigenvalue weighted by Crippen LogP contribution is 2.34. The fourth-order valence-corrected chi connectivity index (χ4v) is 3.31. The van der Waals surface area contributed by atoms with Gasteiger partial charge in [-0.05, 0) is 19.1 Å². The molecule has 0 spiro atoms. The van der Waals surface area contributed by atoms with E-state index in [1.807, 2.05) is 42.1 Å². The molecule has 4 rings (SSSR count). The third-order valence-corrected chi connectivity index (χ3v) is 4.70. The van der Waals surface area contributed by atoms with E-state index >= 15 is 0 Å². The number of fused-ring (bicyclic) bond motifs is 2. The molecule has 2 aliphatic rings. The second-order valence-electron chi connectivity index (χ2n) is 6.52. The van der Waals surface area contributed by atoms with Gasteiger partial charge in [-0.25, -0.2) is 0 Å². The van der Waals surface area contributed by atoms with Crippen molar-refractivity contribution in [2.24, 2.45) is 0 Å². The maximum atomic E-state index is 12.9. The molecule has 0 radical (unpaired) electrons. The molecule has 2 aromatic rings. The monoisotopic (exact) mass is 342 g/mol. The summed E-state index contributed by atoms with van der Waals surface area (Å²) in [5, 5.41) is 7.75. The Balaban J connectivity index is 1.48. The van der Waals surface area contributed by atoms with E-state index in [2.05, 4.69) is 10.4 Å². The number of nitrogens with one attached hydrogen (secondary N) is 1. The van der Waals surface area contributed by atoms with Crippen LogP contribution in [0, 0.1) is 0 Å². The number of carbonyl (C=O) groups is 1. The summed E-state index contributed by atoms with van der Waals surface area (Å²) < 4.78 is 13.8. The number of amides is 1. The largest absolute Gasteiger partial charge is 0.482 e. The van der Waals surface area contributed by atoms with Crippen LogP contribution < -0.4 is 14.8 Å². The lowest BCUT2D eigenvalue weighted by Gasteiger charge is -2.33. The minimum atomic E-state index is -0.649. The molecule has 0 saturated heterocycles. The number of likely N-dealkylation sites (N-methyl/N-ethyl adjacent to an activating group) is 1. The molecular weight excluding hydrogens is 320 g/mol. The van der Waals surface area contributed by atoms with Gasteiger partial charge in [-0.2, -0.15) is 5.10 Å². The second kappa shape index (κ2) is 6.40. The Hall–Kier alpha value is -2.54. The summed E-state index contributed by atoms with van der Waals surface area (Å²) in [6.07, 6.45) is 0.861. The van der Waals surface area contributed by atoms with Gasteiger partial charge in [-0.3, -0.25) is 9.48 Å². The van der Waals surface area contributed by atoms with Crippen molar-refractivity contribution in [3.63, 3.8) is 0 Å². The third kappa shape index (κ3) is 2.95. The van der Waals surface area contributed by atoms with Gasteiger partial charge in [0.25, 0.3) is 5.91 Å². The van der Waals surface area contributed by atoms with E-state index in [9.17, 15) is 4.79 Å². The molecule has 2 aliphatic heterocycles. The molecule has 0 saturated carbocycles. The van der Waals surface area contributed by atoms with Gasteiger partial charge in [0, 0.05) is 32.2 Å². The van der Waals surface area contributed by atoms with Crippen LogP contribution in [-0.4, -0.2) is 46.4 Å². The number of ether oxygens (including phenoxy) is 2. The van der Waals surface area contributed by atoms with Gasteiger partial charge >= 0.3 is 0 Å². The molecule has 1 aromatic carbocycles. The lowest BCUT2D eigenvalue weighted by molar-refractivity contribution is -0.143. The zero-order valence-electron chi connectivity index (χ0n) is 14.4. The summed E-state index contributed by atoms with van der Waals surface area (Å²) in [5.41, 5.74) is 2.21. The second-order valence-corrected chi connectivity index (χ2v) is 6.52. The standard InChI is InChI=1S/C18H22N4O3/c1-12-17(25-16-6-4-3-5-15(16)24-12)18(23)21(2)11-13-9-20-22-8-7-19-10-14(13)22/h3-6,9,12,17,19H,7-8,10-11H2,1-2H3. The highest BCUT2D eigenvalue weighted by molar-refractivity contribution is 5.82. The van der Waals surface area contributed by atoms with E-state index in [1.54, 1.807) is 11.9 Å². The maximum absolute atomic E-state index is 12.9. The average molecular weight is 342 g/mol. The SMILES string of the molecule is CC1Oc2ccccc2OC1C(=O)N(C)Cc1cnn2c1CNCC2. The molecule has 25 heavy (non-hydrogen) atoms. The Kier molecular flexibility index (Phi) is 4.09. The van der Waals surface area contributed by atoms with Gasteiger partial charge in [0.15, 0.2) is 11.5 Å². The van der Waals surface area contributed by atoms with Crippen LogP contribution in [0.3, 0.4) is 0 Å². The fraction of sp³-hybridized carbons (Fsp3) is 0.444. The zero-order valence-corrected chi connectivity index (χ0v) is 14.4. The van der Waals surface area contributed by atoms with Crippen LogP contribution in [0.2, 0.25) is 0 Å². The van der Waals surface area contributed by atoms with Crippen LogP contribution in [0.15, 0.2) is 30.5 Å². The number of aromatic nitrogens is 2. The molecular formula is C18H22N4O3. The number of benzene rings is 1. The minimum Gasteiger partial charge on any atom is -0.482 e. The van der Waals surface area contributed by atoms with E-state index in [1.165, 1.54) is 0 Å². The molecule has 2 unspecified atom stereocenters. The summed E-state index contributed by atoms with van der Waals surface area (Å²) in [6.45, 7) is 4.93. The van der Waals surface area contributed by atoms with Gasteiger partial charge in [0.2, 0.25) is 6.10 Å². The van der Waals surface area contributed by atoms with Gasteiger partial charge in [0.1, 0.15) is 6.10 Å². The van der Waals surface area contributed by atoms with Crippen molar-refractivity contribution in [1.29, 1.82) is 0 Å². The molecule has 0 fully saturated rings. The first kappa shape index (κ1) is 16.0. The topological polar surface area (TPSA) is 68.6 Å². The quantitative estimate of drug-likeness (QED) is 0.907. The fourth-order valence-electron chi connectivity index (χ4n) is 3.31. The van der Waals surface area contributed by atoms with Crippen molar-refractivity contribution in [3.05, 3.63) is 41.7 Å². The molecule has 132 valence electrons. The van der Waals surface area contributed by atoms with Crippen molar-refractivity contribution in [2.75, 3.05) is 13.6 Å². The number of carbonyl (C=O) groups excluding carboxylic acids is 1. The Bertz CT molecular complexity index is 788. The van der Waals surface area contributed by atoms with Gasteiger partial charge in [-0.15, -0.1) is 0 Å². The van der Waals surface area contributed by atoms with Crippen molar-refractivity contribution < 1.29 is 14.3 Å². The smallest absolute Gasteiger partial charge is 0.267 e. The molecule has 7 heteroatoms. The highest BCUT2D eigenvalue weighted by atomic mass is 16.6. The number of para-hydroxylation sites is 2. The predicted molar refractivity (Wildman–Crippen MR) is 91.4 cm³/mol. The Morgan fingerprint density at radius 1 is 1.36 bits per heavy atom. The first-order valence-electron chi connectivity index (χ1n) is 8.55. The molecule has 3 heterocycles. The van der Waals surface area contributed by atoms with E-state index in [0.29, 0.717) is 18.0 Å². The predicted octanol–water partition coefficient (Wildman–Crippen LogP) is 1.17. The molecule has 1 N–H and O–H groups in total. The number of rotatable bonds is 3. The van der Waals surface area contributed by atoms with Crippen LogP contribution in [0.1, 0.15) is 18.2 Å². The van der Waals surface area contributed by atoms with E-state index in [4.69, 9.17) is 9.47 Å². The number of hydrogen-bond acceptors (Lipinski definition) is 5. The minimum absolute atomic E-state index is 0.0919. The van der Waals surface area contributed by atoms with Crippen molar-refractivity contribution >= 4 is 5.91 Å². The van der Waals surface area contributed by atoms with E-state index < -0.39 is 6.10 Å². The van der Waals surface area contributed by atoms with Crippen LogP contribution in [0.25, 0.3) is 0 Å². The van der Waals surface area contributed by atoms with Crippen molar-refractivity contribution in [3.8, 4) is 11.5 Å². The lowest BCUT2D eigenvalue weighted by Crippen LogP contribution is -2.49.